The number of ketones is 1. The Balaban J connectivity index is 1.27. The van der Waals surface area contributed by atoms with Crippen molar-refractivity contribution in [2.75, 3.05) is 11.9 Å². The Hall–Kier alpha value is -4.97. The third kappa shape index (κ3) is 4.80. The number of hydrogen-bond donors (Lipinski definition) is 2. The van der Waals surface area contributed by atoms with Gasteiger partial charge in [0.05, 0.1) is 5.56 Å². The van der Waals surface area contributed by atoms with Gasteiger partial charge in [-0.25, -0.2) is 4.79 Å². The average molecular weight is 530 g/mol. The van der Waals surface area contributed by atoms with E-state index in [0.29, 0.717) is 11.3 Å². The molecule has 0 spiro atoms. The van der Waals surface area contributed by atoms with Crippen LogP contribution >= 0.6 is 0 Å². The summed E-state index contributed by atoms with van der Waals surface area (Å²) in [5.74, 6) is -1.37. The number of nitrogens with one attached hydrogen (secondary N) is 1. The summed E-state index contributed by atoms with van der Waals surface area (Å²) in [5.41, 5.74) is 4.76. The minimum atomic E-state index is -1.13. The highest BCUT2D eigenvalue weighted by Crippen LogP contribution is 2.25. The third-order valence-corrected chi connectivity index (χ3v) is 7.55. The van der Waals surface area contributed by atoms with E-state index in [0.717, 1.165) is 36.5 Å². The highest BCUT2D eigenvalue weighted by Gasteiger charge is 2.21. The predicted molar refractivity (Wildman–Crippen MR) is 153 cm³/mol. The van der Waals surface area contributed by atoms with Gasteiger partial charge in [-0.3, -0.25) is 9.59 Å². The lowest BCUT2D eigenvalue weighted by Crippen LogP contribution is -2.25. The maximum Gasteiger partial charge on any atom is 0.341 e. The van der Waals surface area contributed by atoms with Crippen LogP contribution in [0.25, 0.3) is 11.6 Å². The highest BCUT2D eigenvalue weighted by molar-refractivity contribution is 6.24. The molecule has 0 aromatic heterocycles. The fraction of sp³-hybridized carbons (Fsp3) is 0.147. The second-order valence-electron chi connectivity index (χ2n) is 9.98. The summed E-state index contributed by atoms with van der Waals surface area (Å²) in [6.07, 6.45) is 5.78. The molecule has 198 valence electrons. The zero-order valence-electron chi connectivity index (χ0n) is 21.8. The van der Waals surface area contributed by atoms with E-state index in [1.165, 1.54) is 26.8 Å². The summed E-state index contributed by atoms with van der Waals surface area (Å²) in [4.78, 5) is 37.4. The molecule has 4 aromatic carbocycles. The van der Waals surface area contributed by atoms with Crippen LogP contribution in [0.5, 0.6) is 5.75 Å². The molecule has 4 aromatic rings. The van der Waals surface area contributed by atoms with Crippen LogP contribution in [-0.2, 0) is 17.6 Å². The third-order valence-electron chi connectivity index (χ3n) is 7.55. The normalized spacial score (nSPS) is 13.2. The fourth-order valence-corrected chi connectivity index (χ4v) is 5.69. The van der Waals surface area contributed by atoms with Crippen molar-refractivity contribution in [2.24, 2.45) is 0 Å². The van der Waals surface area contributed by atoms with E-state index >= 15 is 0 Å². The topological polar surface area (TPSA) is 92.7 Å². The van der Waals surface area contributed by atoms with Gasteiger partial charge in [0.1, 0.15) is 5.75 Å². The van der Waals surface area contributed by atoms with Crippen molar-refractivity contribution in [3.8, 4) is 5.75 Å². The van der Waals surface area contributed by atoms with Gasteiger partial charge in [-0.1, -0.05) is 54.6 Å². The molecule has 0 radical (unpaired) electrons. The molecule has 2 N–H and O–H groups in total. The summed E-state index contributed by atoms with van der Waals surface area (Å²) >= 11 is 0. The van der Waals surface area contributed by atoms with Crippen molar-refractivity contribution in [1.29, 1.82) is 0 Å². The molecular formula is C34H27NO5. The van der Waals surface area contributed by atoms with Gasteiger partial charge in [0.25, 0.3) is 5.91 Å². The van der Waals surface area contributed by atoms with Crippen LogP contribution in [0.2, 0.25) is 0 Å². The van der Waals surface area contributed by atoms with Crippen LogP contribution < -0.4 is 20.5 Å². The monoisotopic (exact) mass is 529 g/mol. The lowest BCUT2D eigenvalue weighted by molar-refractivity contribution is -0.139. The number of carbonyl (C=O) groups is 3. The summed E-state index contributed by atoms with van der Waals surface area (Å²) in [6.45, 7) is -0.544. The summed E-state index contributed by atoms with van der Waals surface area (Å²) < 4.78 is 5.25. The molecule has 0 bridgehead atoms. The number of carbonyl (C=O) groups excluding carboxylic acids is 2. The first kappa shape index (κ1) is 25.3. The first-order valence-electron chi connectivity index (χ1n) is 13.3. The number of para-hydroxylation sites is 1. The van der Waals surface area contributed by atoms with Crippen molar-refractivity contribution in [2.45, 2.75) is 25.7 Å². The number of rotatable bonds is 7. The first-order chi connectivity index (χ1) is 19.5. The minimum absolute atomic E-state index is 0.00591. The zero-order valence-corrected chi connectivity index (χ0v) is 21.8. The highest BCUT2D eigenvalue weighted by atomic mass is 16.5. The Bertz CT molecular complexity index is 1890. The fourth-order valence-electron chi connectivity index (χ4n) is 5.69. The van der Waals surface area contributed by atoms with Gasteiger partial charge >= 0.3 is 5.97 Å². The minimum Gasteiger partial charge on any atom is -0.481 e. The van der Waals surface area contributed by atoms with Crippen LogP contribution in [-0.4, -0.2) is 29.4 Å². The number of aliphatic carboxylic acids is 1. The number of Topliss-reactive ketones (excluding diaryl/α,β-unsaturated/α-hetero) is 1. The largest absolute Gasteiger partial charge is 0.481 e. The van der Waals surface area contributed by atoms with Gasteiger partial charge in [0.15, 0.2) is 12.4 Å². The van der Waals surface area contributed by atoms with Gasteiger partial charge in [0, 0.05) is 16.8 Å². The average Bonchev–Trinajstić information content (AvgIpc) is 2.99. The molecule has 1 amide bonds. The summed E-state index contributed by atoms with van der Waals surface area (Å²) in [5, 5.41) is 16.5. The smallest absolute Gasteiger partial charge is 0.341 e. The van der Waals surface area contributed by atoms with Gasteiger partial charge in [-0.2, -0.15) is 0 Å². The number of anilines is 1. The Morgan fingerprint density at radius 1 is 0.775 bits per heavy atom. The maximum absolute atomic E-state index is 13.7. The summed E-state index contributed by atoms with van der Waals surface area (Å²) in [7, 11) is 0. The first-order valence-corrected chi connectivity index (χ1v) is 13.3. The van der Waals surface area contributed by atoms with Crippen LogP contribution in [0, 0.1) is 10.4 Å². The Kier molecular flexibility index (Phi) is 6.74. The molecule has 0 unspecified atom stereocenters. The Morgan fingerprint density at radius 3 is 2.35 bits per heavy atom. The van der Waals surface area contributed by atoms with E-state index in [4.69, 9.17) is 9.84 Å². The van der Waals surface area contributed by atoms with E-state index in [1.54, 1.807) is 48.5 Å². The lowest BCUT2D eigenvalue weighted by Gasteiger charge is -2.20. The number of carboxylic acids is 1. The van der Waals surface area contributed by atoms with Crippen LogP contribution in [0.4, 0.5) is 5.69 Å². The van der Waals surface area contributed by atoms with Crippen molar-refractivity contribution >= 4 is 35.0 Å². The maximum atomic E-state index is 13.7. The van der Waals surface area contributed by atoms with Crippen molar-refractivity contribution in [3.05, 3.63) is 128 Å². The number of hydrogen-bond acceptors (Lipinski definition) is 4. The van der Waals surface area contributed by atoms with Crippen molar-refractivity contribution in [1.82, 2.24) is 0 Å². The van der Waals surface area contributed by atoms with Gasteiger partial charge < -0.3 is 15.2 Å². The van der Waals surface area contributed by atoms with Crippen LogP contribution in [0.1, 0.15) is 44.7 Å². The van der Waals surface area contributed by atoms with E-state index in [9.17, 15) is 14.4 Å². The van der Waals surface area contributed by atoms with Gasteiger partial charge in [-0.05, 0) is 94.1 Å². The Morgan fingerprint density at radius 2 is 1.52 bits per heavy atom. The number of fused-ring (bicyclic) bond motifs is 4. The number of benzene rings is 4. The molecule has 40 heavy (non-hydrogen) atoms. The van der Waals surface area contributed by atoms with Crippen molar-refractivity contribution < 1.29 is 24.2 Å². The van der Waals surface area contributed by atoms with Crippen molar-refractivity contribution in [3.63, 3.8) is 0 Å². The molecule has 0 heterocycles. The second kappa shape index (κ2) is 10.7. The molecule has 6 heteroatoms. The van der Waals surface area contributed by atoms with E-state index < -0.39 is 18.5 Å². The molecule has 0 atom stereocenters. The molecule has 0 saturated carbocycles. The van der Waals surface area contributed by atoms with E-state index in [2.05, 4.69) is 47.8 Å². The Labute approximate surface area is 230 Å². The lowest BCUT2D eigenvalue weighted by atomic mass is 9.84. The van der Waals surface area contributed by atoms with Crippen LogP contribution in [0.3, 0.4) is 0 Å². The quantitative estimate of drug-likeness (QED) is 0.347. The summed E-state index contributed by atoms with van der Waals surface area (Å²) in [6, 6.07) is 26.1. The molecule has 0 fully saturated rings. The van der Waals surface area contributed by atoms with Gasteiger partial charge in [0.2, 0.25) is 0 Å². The SMILES string of the molecule is O=C(O)COc1ccccc1C(=O)Nc1ccc(C(=O)C2=c3ccc4c(c3CCC2)CC=c2ccccc2=4)cc1. The number of amides is 1. The van der Waals surface area contributed by atoms with Gasteiger partial charge in [-0.15, -0.1) is 0 Å². The molecule has 2 aliphatic carbocycles. The molecule has 0 saturated heterocycles. The second-order valence-corrected chi connectivity index (χ2v) is 9.98. The van der Waals surface area contributed by atoms with Crippen LogP contribution in [0.15, 0.2) is 84.9 Å². The molecule has 6 nitrogen and oxygen atoms in total. The zero-order chi connectivity index (χ0) is 27.6. The number of ether oxygens (including phenoxy) is 1. The predicted octanol–water partition coefficient (Wildman–Crippen LogP) is 4.40. The standard InChI is InChI=1S/C34H27NO5/c36-32(37)20-40-31-11-4-3-8-30(31)34(39)35-23-15-12-22(13-16-23)33(38)29-10-5-9-25-27-17-14-21-6-1-2-7-24(21)26(27)18-19-28(25)29/h1-4,6-8,11-16,18-19H,5,9-10,17,20H2,(H,35,39)(H,36,37). The van der Waals surface area contributed by atoms with E-state index in [1.807, 2.05) is 0 Å². The molecular weight excluding hydrogens is 502 g/mol. The molecule has 0 aliphatic heterocycles. The molecule has 6 rings (SSSR count). The van der Waals surface area contributed by atoms with E-state index in [-0.39, 0.29) is 17.1 Å². The number of carboxylic acid groups (broad SMARTS) is 1. The molecule has 2 aliphatic rings.